The van der Waals surface area contributed by atoms with Crippen LogP contribution in [0.15, 0.2) is 11.1 Å². The Morgan fingerprint density at radius 2 is 1.83 bits per heavy atom. The molecule has 0 aliphatic heterocycles. The molecule has 0 aromatic rings. The van der Waals surface area contributed by atoms with Gasteiger partial charge in [0.1, 0.15) is 5.60 Å². The Morgan fingerprint density at radius 1 is 1.22 bits per heavy atom. The monoisotopic (exact) mass is 320 g/mol. The van der Waals surface area contributed by atoms with Crippen LogP contribution in [0.4, 0.5) is 0 Å². The van der Waals surface area contributed by atoms with Gasteiger partial charge in [-0.2, -0.15) is 0 Å². The molecule has 0 unspecified atom stereocenters. The van der Waals surface area contributed by atoms with Gasteiger partial charge in [0.05, 0.1) is 5.41 Å². The lowest BCUT2D eigenvalue weighted by molar-refractivity contribution is -0.176. The summed E-state index contributed by atoms with van der Waals surface area (Å²) in [4.78, 5) is 25.5. The molecule has 0 aromatic heterocycles. The maximum absolute atomic E-state index is 13.1. The molecular weight excluding hydrogens is 288 g/mol. The van der Waals surface area contributed by atoms with E-state index in [-0.39, 0.29) is 17.8 Å². The molecule has 0 aromatic carbocycles. The van der Waals surface area contributed by atoms with Gasteiger partial charge in [0.2, 0.25) is 0 Å². The van der Waals surface area contributed by atoms with Crippen LogP contribution >= 0.6 is 0 Å². The fraction of sp³-hybridized carbons (Fsp3) is 0.800. The highest BCUT2D eigenvalue weighted by atomic mass is 16.6. The van der Waals surface area contributed by atoms with E-state index >= 15 is 0 Å². The number of allylic oxidation sites excluding steroid dienone is 2. The molecule has 0 saturated heterocycles. The minimum absolute atomic E-state index is 0.000156. The van der Waals surface area contributed by atoms with E-state index in [0.717, 1.165) is 36.8 Å². The average Bonchev–Trinajstić information content (AvgIpc) is 2.74. The molecule has 0 spiro atoms. The highest BCUT2D eigenvalue weighted by Crippen LogP contribution is 2.50. The molecule has 2 aliphatic carbocycles. The Balaban J connectivity index is 2.40. The summed E-state index contributed by atoms with van der Waals surface area (Å²) in [5.74, 6) is 0.655. The molecule has 23 heavy (non-hydrogen) atoms. The normalized spacial score (nSPS) is 34.8. The zero-order chi connectivity index (χ0) is 17.6. The Hall–Kier alpha value is -1.12. The van der Waals surface area contributed by atoms with Crippen molar-refractivity contribution in [3.05, 3.63) is 11.1 Å². The molecule has 2 aliphatic rings. The summed E-state index contributed by atoms with van der Waals surface area (Å²) in [6.07, 6.45) is 3.48. The van der Waals surface area contributed by atoms with Gasteiger partial charge in [-0.3, -0.25) is 9.59 Å². The molecule has 2 saturated carbocycles. The Kier molecular flexibility index (Phi) is 4.81. The van der Waals surface area contributed by atoms with Crippen LogP contribution in [0, 0.1) is 23.2 Å². The van der Waals surface area contributed by atoms with Crippen molar-refractivity contribution < 1.29 is 14.3 Å². The first-order chi connectivity index (χ1) is 10.5. The third kappa shape index (κ3) is 3.39. The summed E-state index contributed by atoms with van der Waals surface area (Å²) in [7, 11) is 0. The van der Waals surface area contributed by atoms with Crippen molar-refractivity contribution in [3.8, 4) is 0 Å². The zero-order valence-corrected chi connectivity index (χ0v) is 15.8. The summed E-state index contributed by atoms with van der Waals surface area (Å²) < 4.78 is 6.05. The maximum Gasteiger partial charge on any atom is 0.311 e. The predicted molar refractivity (Wildman–Crippen MR) is 91.9 cm³/mol. The van der Waals surface area contributed by atoms with Crippen LogP contribution < -0.4 is 0 Å². The fourth-order valence-electron chi connectivity index (χ4n) is 4.20. The summed E-state index contributed by atoms with van der Waals surface area (Å²) in [6, 6.07) is 0. The summed E-state index contributed by atoms with van der Waals surface area (Å²) in [6.45, 7) is 13.9. The highest BCUT2D eigenvalue weighted by molar-refractivity contribution is 5.98. The van der Waals surface area contributed by atoms with E-state index in [1.54, 1.807) is 0 Å². The SMILES string of the molecule is CC(C)=C1CC[C@@](C)(OC(=O)C(C)(C)C)[C@@H]2CC[C@@H](C)[C@@H]2C1=O. The summed E-state index contributed by atoms with van der Waals surface area (Å²) in [5.41, 5.74) is 1.02. The minimum atomic E-state index is -0.535. The highest BCUT2D eigenvalue weighted by Gasteiger charge is 2.53. The van der Waals surface area contributed by atoms with Gasteiger partial charge in [0.15, 0.2) is 5.78 Å². The van der Waals surface area contributed by atoms with E-state index in [4.69, 9.17) is 4.74 Å². The fourth-order valence-corrected chi connectivity index (χ4v) is 4.20. The lowest BCUT2D eigenvalue weighted by Crippen LogP contribution is -2.44. The molecule has 2 rings (SSSR count). The molecule has 2 fully saturated rings. The number of ether oxygens (including phenoxy) is 1. The van der Waals surface area contributed by atoms with Crippen LogP contribution in [0.2, 0.25) is 0 Å². The standard InChI is InChI=1S/C20H32O3/c1-12(2)14-10-11-20(7,23-18(22)19(4,5)6)15-9-8-13(3)16(15)17(14)21/h13,15-16H,8-11H2,1-7H3/t13-,15-,16+,20-/m1/s1. The number of fused-ring (bicyclic) bond motifs is 1. The van der Waals surface area contributed by atoms with E-state index < -0.39 is 11.0 Å². The maximum atomic E-state index is 13.1. The smallest absolute Gasteiger partial charge is 0.311 e. The molecule has 4 atom stereocenters. The number of esters is 1. The van der Waals surface area contributed by atoms with Gasteiger partial charge in [-0.05, 0) is 78.7 Å². The third-order valence-corrected chi connectivity index (χ3v) is 5.78. The molecule has 0 N–H and O–H groups in total. The van der Waals surface area contributed by atoms with Crippen molar-refractivity contribution in [1.82, 2.24) is 0 Å². The van der Waals surface area contributed by atoms with Gasteiger partial charge < -0.3 is 4.74 Å². The second-order valence-electron chi connectivity index (χ2n) is 8.98. The Bertz CT molecular complexity index is 534. The van der Waals surface area contributed by atoms with E-state index in [1.165, 1.54) is 0 Å². The van der Waals surface area contributed by atoms with Crippen molar-refractivity contribution in [2.24, 2.45) is 23.2 Å². The lowest BCUT2D eigenvalue weighted by Gasteiger charge is -2.38. The van der Waals surface area contributed by atoms with Crippen LogP contribution in [0.1, 0.15) is 74.1 Å². The van der Waals surface area contributed by atoms with E-state index in [1.807, 2.05) is 41.5 Å². The molecule has 3 nitrogen and oxygen atoms in total. The van der Waals surface area contributed by atoms with Crippen LogP contribution in [0.3, 0.4) is 0 Å². The third-order valence-electron chi connectivity index (χ3n) is 5.78. The first kappa shape index (κ1) is 18.2. The van der Waals surface area contributed by atoms with Crippen molar-refractivity contribution >= 4 is 11.8 Å². The van der Waals surface area contributed by atoms with Crippen molar-refractivity contribution in [2.45, 2.75) is 79.8 Å². The molecule has 0 radical (unpaired) electrons. The number of rotatable bonds is 1. The zero-order valence-electron chi connectivity index (χ0n) is 15.8. The van der Waals surface area contributed by atoms with Gasteiger partial charge >= 0.3 is 5.97 Å². The Morgan fingerprint density at radius 3 is 2.35 bits per heavy atom. The molecule has 0 amide bonds. The molecule has 3 heteroatoms. The van der Waals surface area contributed by atoms with Gasteiger partial charge in [-0.15, -0.1) is 0 Å². The van der Waals surface area contributed by atoms with Crippen LogP contribution in [-0.4, -0.2) is 17.4 Å². The van der Waals surface area contributed by atoms with E-state index in [9.17, 15) is 9.59 Å². The van der Waals surface area contributed by atoms with Crippen LogP contribution in [-0.2, 0) is 14.3 Å². The average molecular weight is 320 g/mol. The largest absolute Gasteiger partial charge is 0.459 e. The number of hydrogen-bond donors (Lipinski definition) is 0. The minimum Gasteiger partial charge on any atom is -0.459 e. The van der Waals surface area contributed by atoms with Crippen LogP contribution in [0.25, 0.3) is 0 Å². The topological polar surface area (TPSA) is 43.4 Å². The lowest BCUT2D eigenvalue weighted by atomic mass is 9.77. The van der Waals surface area contributed by atoms with Crippen molar-refractivity contribution in [2.75, 3.05) is 0 Å². The predicted octanol–water partition coefficient (Wildman–Crippen LogP) is 4.70. The summed E-state index contributed by atoms with van der Waals surface area (Å²) in [5, 5.41) is 0. The first-order valence-corrected chi connectivity index (χ1v) is 8.91. The molecular formula is C20H32O3. The second kappa shape index (κ2) is 6.07. The van der Waals surface area contributed by atoms with Gasteiger partial charge in [-0.25, -0.2) is 0 Å². The number of ketones is 1. The number of Topliss-reactive ketones (excluding diaryl/α,β-unsaturated/α-hetero) is 1. The van der Waals surface area contributed by atoms with Gasteiger partial charge in [-0.1, -0.05) is 12.5 Å². The van der Waals surface area contributed by atoms with E-state index in [2.05, 4.69) is 6.92 Å². The number of carbonyl (C=O) groups excluding carboxylic acids is 2. The van der Waals surface area contributed by atoms with Crippen molar-refractivity contribution in [3.63, 3.8) is 0 Å². The van der Waals surface area contributed by atoms with Gasteiger partial charge in [0.25, 0.3) is 0 Å². The van der Waals surface area contributed by atoms with E-state index in [0.29, 0.717) is 11.7 Å². The second-order valence-corrected chi connectivity index (χ2v) is 8.98. The summed E-state index contributed by atoms with van der Waals surface area (Å²) >= 11 is 0. The first-order valence-electron chi connectivity index (χ1n) is 8.91. The quantitative estimate of drug-likeness (QED) is 0.520. The number of hydrogen-bond acceptors (Lipinski definition) is 3. The molecule has 0 bridgehead atoms. The Labute approximate surface area is 140 Å². The molecule has 0 heterocycles. The molecule has 130 valence electrons. The van der Waals surface area contributed by atoms with Gasteiger partial charge in [0, 0.05) is 11.8 Å². The van der Waals surface area contributed by atoms with Crippen LogP contribution in [0.5, 0.6) is 0 Å². The number of carbonyl (C=O) groups is 2. The van der Waals surface area contributed by atoms with Crippen molar-refractivity contribution in [1.29, 1.82) is 0 Å².